The lowest BCUT2D eigenvalue weighted by molar-refractivity contribution is 0.0952. The Balaban J connectivity index is 1.82. The number of hydrogen-bond acceptors (Lipinski definition) is 4. The maximum atomic E-state index is 12.1. The molecule has 6 nitrogen and oxygen atoms in total. The molecule has 2 aromatic rings. The summed E-state index contributed by atoms with van der Waals surface area (Å²) in [5, 5.41) is 9.49. The zero-order valence-electron chi connectivity index (χ0n) is 11.3. The smallest absolute Gasteiger partial charge is 0.251 e. The van der Waals surface area contributed by atoms with Crippen LogP contribution in [0.2, 0.25) is 0 Å². The molecule has 1 aromatic heterocycles. The van der Waals surface area contributed by atoms with Crippen LogP contribution in [-0.4, -0.2) is 34.2 Å². The van der Waals surface area contributed by atoms with Crippen molar-refractivity contribution in [3.8, 4) is 0 Å². The van der Waals surface area contributed by atoms with E-state index in [9.17, 15) is 4.79 Å². The van der Waals surface area contributed by atoms with Crippen molar-refractivity contribution in [1.82, 2.24) is 20.5 Å². The Morgan fingerprint density at radius 3 is 2.90 bits per heavy atom. The first-order valence-corrected chi connectivity index (χ1v) is 6.71. The molecular weight excluding hydrogens is 254 g/mol. The van der Waals surface area contributed by atoms with Gasteiger partial charge in [-0.1, -0.05) is 18.2 Å². The van der Waals surface area contributed by atoms with Crippen molar-refractivity contribution in [2.75, 3.05) is 13.1 Å². The Hall–Kier alpha value is -2.21. The molecule has 4 N–H and O–H groups in total. The molecular formula is C14H19N5O. The fraction of sp³-hybridized carbons (Fsp3) is 0.357. The Bertz CT molecular complexity index is 538. The van der Waals surface area contributed by atoms with Gasteiger partial charge in [0.2, 0.25) is 0 Å². The van der Waals surface area contributed by atoms with E-state index < -0.39 is 0 Å². The van der Waals surface area contributed by atoms with Crippen molar-refractivity contribution in [1.29, 1.82) is 0 Å². The number of amides is 1. The molecule has 20 heavy (non-hydrogen) atoms. The second kappa shape index (κ2) is 7.40. The van der Waals surface area contributed by atoms with Crippen molar-refractivity contribution in [2.45, 2.75) is 19.3 Å². The average molecular weight is 273 g/mol. The van der Waals surface area contributed by atoms with Gasteiger partial charge in [-0.25, -0.2) is 4.98 Å². The summed E-state index contributed by atoms with van der Waals surface area (Å²) in [5.41, 5.74) is 7.25. The largest absolute Gasteiger partial charge is 0.352 e. The minimum atomic E-state index is -0.0494. The molecule has 1 heterocycles. The number of hydrogen-bond donors (Lipinski definition) is 3. The highest BCUT2D eigenvalue weighted by Gasteiger charge is 2.09. The SMILES string of the molecule is NCCc1ccccc1C(=O)NCCCc1ncn[nH]1. The quantitative estimate of drug-likeness (QED) is 0.646. The molecule has 0 fully saturated rings. The van der Waals surface area contributed by atoms with Crippen LogP contribution in [0.3, 0.4) is 0 Å². The van der Waals surface area contributed by atoms with Crippen molar-refractivity contribution >= 4 is 5.91 Å². The highest BCUT2D eigenvalue weighted by molar-refractivity contribution is 5.95. The molecule has 0 aliphatic carbocycles. The predicted octanol–water partition coefficient (Wildman–Crippen LogP) is 0.668. The number of aromatic amines is 1. The molecule has 0 aliphatic rings. The highest BCUT2D eigenvalue weighted by Crippen LogP contribution is 2.09. The lowest BCUT2D eigenvalue weighted by atomic mass is 10.0. The van der Waals surface area contributed by atoms with Crippen LogP contribution in [0.5, 0.6) is 0 Å². The van der Waals surface area contributed by atoms with Gasteiger partial charge in [0.05, 0.1) is 0 Å². The van der Waals surface area contributed by atoms with Gasteiger partial charge in [0.25, 0.3) is 5.91 Å². The van der Waals surface area contributed by atoms with Gasteiger partial charge in [0, 0.05) is 18.5 Å². The second-order valence-electron chi connectivity index (χ2n) is 4.49. The average Bonchev–Trinajstić information content (AvgIpc) is 2.97. The summed E-state index contributed by atoms with van der Waals surface area (Å²) in [6, 6.07) is 7.56. The summed E-state index contributed by atoms with van der Waals surface area (Å²) in [5.74, 6) is 0.786. The van der Waals surface area contributed by atoms with E-state index in [2.05, 4.69) is 20.5 Å². The van der Waals surface area contributed by atoms with Gasteiger partial charge in [-0.05, 0) is 31.0 Å². The van der Waals surface area contributed by atoms with E-state index in [1.807, 2.05) is 24.3 Å². The van der Waals surface area contributed by atoms with E-state index in [1.165, 1.54) is 6.33 Å². The molecule has 0 atom stereocenters. The first-order valence-electron chi connectivity index (χ1n) is 6.71. The Kier molecular flexibility index (Phi) is 5.25. The molecule has 0 radical (unpaired) electrons. The summed E-state index contributed by atoms with van der Waals surface area (Å²) in [6.45, 7) is 1.15. The molecule has 0 bridgehead atoms. The number of carbonyl (C=O) groups excluding carboxylic acids is 1. The maximum absolute atomic E-state index is 12.1. The zero-order chi connectivity index (χ0) is 14.2. The molecule has 2 rings (SSSR count). The number of aromatic nitrogens is 3. The number of nitrogens with two attached hydrogens (primary N) is 1. The highest BCUT2D eigenvalue weighted by atomic mass is 16.1. The number of nitrogens with zero attached hydrogens (tertiary/aromatic N) is 2. The fourth-order valence-corrected chi connectivity index (χ4v) is 2.02. The first kappa shape index (κ1) is 14.2. The minimum absolute atomic E-state index is 0.0494. The first-order chi connectivity index (χ1) is 9.81. The number of benzene rings is 1. The Morgan fingerprint density at radius 1 is 1.30 bits per heavy atom. The molecule has 0 aliphatic heterocycles. The lowest BCUT2D eigenvalue weighted by Crippen LogP contribution is -2.26. The number of carbonyl (C=O) groups is 1. The number of aryl methyl sites for hydroxylation is 1. The fourth-order valence-electron chi connectivity index (χ4n) is 2.02. The van der Waals surface area contributed by atoms with Gasteiger partial charge in [-0.2, -0.15) is 5.10 Å². The summed E-state index contributed by atoms with van der Waals surface area (Å²) >= 11 is 0. The van der Waals surface area contributed by atoms with Gasteiger partial charge in [-0.15, -0.1) is 0 Å². The molecule has 0 unspecified atom stereocenters. The van der Waals surface area contributed by atoms with Crippen LogP contribution in [0.1, 0.15) is 28.2 Å². The van der Waals surface area contributed by atoms with Crippen LogP contribution in [0.25, 0.3) is 0 Å². The van der Waals surface area contributed by atoms with Crippen molar-refractivity contribution in [3.63, 3.8) is 0 Å². The third kappa shape index (κ3) is 3.89. The van der Waals surface area contributed by atoms with Gasteiger partial charge < -0.3 is 11.1 Å². The van der Waals surface area contributed by atoms with Crippen molar-refractivity contribution < 1.29 is 4.79 Å². The lowest BCUT2D eigenvalue weighted by Gasteiger charge is -2.09. The van der Waals surface area contributed by atoms with Gasteiger partial charge in [0.1, 0.15) is 12.2 Å². The van der Waals surface area contributed by atoms with Crippen LogP contribution in [0.4, 0.5) is 0 Å². The third-order valence-corrected chi connectivity index (χ3v) is 3.02. The maximum Gasteiger partial charge on any atom is 0.251 e. The van der Waals surface area contributed by atoms with E-state index >= 15 is 0 Å². The van der Waals surface area contributed by atoms with E-state index in [4.69, 9.17) is 5.73 Å². The summed E-state index contributed by atoms with van der Waals surface area (Å²) in [7, 11) is 0. The molecule has 6 heteroatoms. The number of nitrogens with one attached hydrogen (secondary N) is 2. The third-order valence-electron chi connectivity index (χ3n) is 3.02. The molecule has 1 aromatic carbocycles. The molecule has 106 valence electrons. The second-order valence-corrected chi connectivity index (χ2v) is 4.49. The molecule has 1 amide bonds. The summed E-state index contributed by atoms with van der Waals surface area (Å²) < 4.78 is 0. The monoisotopic (exact) mass is 273 g/mol. The van der Waals surface area contributed by atoms with Gasteiger partial charge >= 0.3 is 0 Å². The van der Waals surface area contributed by atoms with Crippen molar-refractivity contribution in [2.24, 2.45) is 5.73 Å². The van der Waals surface area contributed by atoms with Crippen LogP contribution in [0, 0.1) is 0 Å². The normalized spacial score (nSPS) is 10.4. The van der Waals surface area contributed by atoms with Crippen LogP contribution >= 0.6 is 0 Å². The zero-order valence-corrected chi connectivity index (χ0v) is 11.3. The number of rotatable bonds is 7. The van der Waals surface area contributed by atoms with E-state index in [1.54, 1.807) is 0 Å². The van der Waals surface area contributed by atoms with Gasteiger partial charge in [-0.3, -0.25) is 9.89 Å². The van der Waals surface area contributed by atoms with Crippen LogP contribution in [0.15, 0.2) is 30.6 Å². The Labute approximate surface area is 117 Å². The Morgan fingerprint density at radius 2 is 2.15 bits per heavy atom. The molecule has 0 saturated heterocycles. The number of H-pyrrole nitrogens is 1. The molecule has 0 saturated carbocycles. The topological polar surface area (TPSA) is 96.7 Å². The van der Waals surface area contributed by atoms with Gasteiger partial charge in [0.15, 0.2) is 0 Å². The molecule has 0 spiro atoms. The van der Waals surface area contributed by atoms with Crippen LogP contribution < -0.4 is 11.1 Å². The van der Waals surface area contributed by atoms with E-state index in [0.29, 0.717) is 25.1 Å². The summed E-state index contributed by atoms with van der Waals surface area (Å²) in [6.07, 6.45) is 3.78. The standard InChI is InChI=1S/C14H19N5O/c15-8-7-11-4-1-2-5-12(11)14(20)16-9-3-6-13-17-10-18-19-13/h1-2,4-5,10H,3,6-9,15H2,(H,16,20)(H,17,18,19). The minimum Gasteiger partial charge on any atom is -0.352 e. The van der Waals surface area contributed by atoms with E-state index in [-0.39, 0.29) is 5.91 Å². The predicted molar refractivity (Wildman–Crippen MR) is 76.2 cm³/mol. The van der Waals surface area contributed by atoms with Crippen LogP contribution in [-0.2, 0) is 12.8 Å². The van der Waals surface area contributed by atoms with E-state index in [0.717, 1.165) is 24.2 Å². The van der Waals surface area contributed by atoms with Crippen molar-refractivity contribution in [3.05, 3.63) is 47.5 Å². The summed E-state index contributed by atoms with van der Waals surface area (Å²) in [4.78, 5) is 16.2.